The van der Waals surface area contributed by atoms with E-state index >= 15 is 0 Å². The summed E-state index contributed by atoms with van der Waals surface area (Å²) in [5, 5.41) is 4.07. The van der Waals surface area contributed by atoms with Crippen molar-refractivity contribution in [3.63, 3.8) is 0 Å². The number of rotatable bonds is 7. The van der Waals surface area contributed by atoms with Crippen LogP contribution < -0.4 is 14.8 Å². The lowest BCUT2D eigenvalue weighted by Crippen LogP contribution is -2.55. The second kappa shape index (κ2) is 8.68. The summed E-state index contributed by atoms with van der Waals surface area (Å²) in [5.41, 5.74) is 1.49. The number of ether oxygens (including phenoxy) is 2. The summed E-state index contributed by atoms with van der Waals surface area (Å²) in [6.07, 6.45) is 2.60. The Kier molecular flexibility index (Phi) is 6.04. The lowest BCUT2D eigenvalue weighted by Gasteiger charge is -2.45. The molecule has 0 amide bonds. The van der Waals surface area contributed by atoms with Gasteiger partial charge in [-0.05, 0) is 61.7 Å². The second-order valence-electron chi connectivity index (χ2n) is 7.60. The van der Waals surface area contributed by atoms with Crippen LogP contribution in [0.3, 0.4) is 0 Å². The van der Waals surface area contributed by atoms with Gasteiger partial charge in [-0.3, -0.25) is 0 Å². The van der Waals surface area contributed by atoms with E-state index < -0.39 is 0 Å². The molecule has 3 saturated heterocycles. The van der Waals surface area contributed by atoms with Crippen molar-refractivity contribution in [3.05, 3.63) is 58.4 Å². The van der Waals surface area contributed by atoms with E-state index in [4.69, 9.17) is 21.1 Å². The highest BCUT2D eigenvalue weighted by molar-refractivity contribution is 6.31. The van der Waals surface area contributed by atoms with Gasteiger partial charge in [0.05, 0.1) is 12.1 Å². The SMILES string of the molecule is COc1cc(CNC2CN3CCC2CC3)ccc1OCc1c(F)cccc1Cl. The number of nitrogens with zero attached hydrogens (tertiary/aromatic N) is 1. The van der Waals surface area contributed by atoms with Crippen molar-refractivity contribution < 1.29 is 13.9 Å². The van der Waals surface area contributed by atoms with Crippen LogP contribution in [-0.2, 0) is 13.2 Å². The fourth-order valence-corrected chi connectivity index (χ4v) is 4.42. The van der Waals surface area contributed by atoms with Crippen molar-refractivity contribution in [2.24, 2.45) is 5.92 Å². The molecule has 2 aromatic carbocycles. The first kappa shape index (κ1) is 19.5. The minimum atomic E-state index is -0.371. The molecule has 3 heterocycles. The van der Waals surface area contributed by atoms with E-state index in [0.717, 1.165) is 24.6 Å². The zero-order chi connectivity index (χ0) is 19.5. The van der Waals surface area contributed by atoms with Gasteiger partial charge >= 0.3 is 0 Å². The van der Waals surface area contributed by atoms with Gasteiger partial charge in [-0.1, -0.05) is 23.7 Å². The van der Waals surface area contributed by atoms with Crippen molar-refractivity contribution >= 4 is 11.6 Å². The molecule has 6 heteroatoms. The average molecular weight is 405 g/mol. The van der Waals surface area contributed by atoms with E-state index in [9.17, 15) is 4.39 Å². The molecule has 1 N–H and O–H groups in total. The molecule has 2 bridgehead atoms. The topological polar surface area (TPSA) is 33.7 Å². The number of methoxy groups -OCH3 is 1. The Hall–Kier alpha value is -1.82. The van der Waals surface area contributed by atoms with E-state index in [2.05, 4.69) is 10.2 Å². The first-order valence-electron chi connectivity index (χ1n) is 9.82. The van der Waals surface area contributed by atoms with Gasteiger partial charge in [-0.15, -0.1) is 0 Å². The summed E-state index contributed by atoms with van der Waals surface area (Å²) in [5.74, 6) is 1.64. The third-order valence-corrected chi connectivity index (χ3v) is 6.24. The van der Waals surface area contributed by atoms with Crippen molar-refractivity contribution in [2.75, 3.05) is 26.7 Å². The molecule has 28 heavy (non-hydrogen) atoms. The van der Waals surface area contributed by atoms with E-state index in [1.807, 2.05) is 18.2 Å². The molecule has 3 aliphatic heterocycles. The minimum absolute atomic E-state index is 0.0546. The molecule has 4 nitrogen and oxygen atoms in total. The lowest BCUT2D eigenvalue weighted by atomic mass is 9.84. The number of benzene rings is 2. The summed E-state index contributed by atoms with van der Waals surface area (Å²) in [4.78, 5) is 2.54. The Bertz CT molecular complexity index is 804. The maximum atomic E-state index is 13.9. The Balaban J connectivity index is 1.38. The van der Waals surface area contributed by atoms with Gasteiger partial charge in [-0.25, -0.2) is 4.39 Å². The van der Waals surface area contributed by atoms with Crippen LogP contribution in [0.4, 0.5) is 4.39 Å². The maximum absolute atomic E-state index is 13.9. The van der Waals surface area contributed by atoms with Crippen molar-refractivity contribution in [3.8, 4) is 11.5 Å². The summed E-state index contributed by atoms with van der Waals surface area (Å²) in [7, 11) is 1.61. The van der Waals surface area contributed by atoms with Gasteiger partial charge in [0, 0.05) is 24.7 Å². The average Bonchev–Trinajstić information content (AvgIpc) is 2.73. The Morgan fingerprint density at radius 3 is 2.68 bits per heavy atom. The minimum Gasteiger partial charge on any atom is -0.493 e. The van der Waals surface area contributed by atoms with Gasteiger partial charge in [0.2, 0.25) is 0 Å². The van der Waals surface area contributed by atoms with E-state index in [1.54, 1.807) is 19.2 Å². The van der Waals surface area contributed by atoms with Gasteiger partial charge in [0.25, 0.3) is 0 Å². The normalized spacial score (nSPS) is 23.6. The predicted molar refractivity (Wildman–Crippen MR) is 109 cm³/mol. The van der Waals surface area contributed by atoms with Crippen LogP contribution in [0.2, 0.25) is 5.02 Å². The number of halogens is 2. The van der Waals surface area contributed by atoms with Crippen molar-refractivity contribution in [1.82, 2.24) is 10.2 Å². The van der Waals surface area contributed by atoms with Gasteiger partial charge in [0.1, 0.15) is 12.4 Å². The van der Waals surface area contributed by atoms with Gasteiger partial charge in [-0.2, -0.15) is 0 Å². The highest BCUT2D eigenvalue weighted by Gasteiger charge is 2.33. The fraction of sp³-hybridized carbons (Fsp3) is 0.455. The van der Waals surface area contributed by atoms with E-state index in [1.165, 1.54) is 32.0 Å². The van der Waals surface area contributed by atoms with Gasteiger partial charge < -0.3 is 19.7 Å². The zero-order valence-corrected chi connectivity index (χ0v) is 16.8. The summed E-state index contributed by atoms with van der Waals surface area (Å²) in [6.45, 7) is 4.49. The van der Waals surface area contributed by atoms with Gasteiger partial charge in [0.15, 0.2) is 11.5 Å². The molecular formula is C22H26ClFN2O2. The fourth-order valence-electron chi connectivity index (χ4n) is 4.21. The van der Waals surface area contributed by atoms with E-state index in [0.29, 0.717) is 28.1 Å². The molecule has 0 radical (unpaired) electrons. The van der Waals surface area contributed by atoms with Crippen LogP contribution in [0.1, 0.15) is 24.0 Å². The molecular weight excluding hydrogens is 379 g/mol. The first-order valence-corrected chi connectivity index (χ1v) is 10.2. The largest absolute Gasteiger partial charge is 0.493 e. The number of fused-ring (bicyclic) bond motifs is 3. The van der Waals surface area contributed by atoms with Crippen molar-refractivity contribution in [1.29, 1.82) is 0 Å². The van der Waals surface area contributed by atoms with Crippen molar-refractivity contribution in [2.45, 2.75) is 32.0 Å². The van der Waals surface area contributed by atoms with Crippen LogP contribution in [0.25, 0.3) is 0 Å². The summed E-state index contributed by atoms with van der Waals surface area (Å²) >= 11 is 6.07. The molecule has 0 aliphatic carbocycles. The number of hydrogen-bond acceptors (Lipinski definition) is 4. The Morgan fingerprint density at radius 1 is 1.18 bits per heavy atom. The first-order chi connectivity index (χ1) is 13.6. The standard InChI is InChI=1S/C22H26ClFN2O2/c1-27-22-11-15(12-25-20-13-26-9-7-16(20)8-10-26)5-6-21(22)28-14-17-18(23)3-2-4-19(17)24/h2-6,11,16,20,25H,7-10,12-14H2,1H3. The van der Waals surface area contributed by atoms with Crippen LogP contribution in [0.15, 0.2) is 36.4 Å². The zero-order valence-electron chi connectivity index (χ0n) is 16.1. The highest BCUT2D eigenvalue weighted by Crippen LogP contribution is 2.31. The molecule has 3 fully saturated rings. The highest BCUT2D eigenvalue weighted by atomic mass is 35.5. The molecule has 0 aromatic heterocycles. The number of hydrogen-bond donors (Lipinski definition) is 1. The second-order valence-corrected chi connectivity index (χ2v) is 8.01. The molecule has 0 saturated carbocycles. The molecule has 1 atom stereocenters. The molecule has 150 valence electrons. The summed E-state index contributed by atoms with van der Waals surface area (Å²) in [6, 6.07) is 11.1. The van der Waals surface area contributed by atoms with Crippen LogP contribution in [0.5, 0.6) is 11.5 Å². The molecule has 1 unspecified atom stereocenters. The lowest BCUT2D eigenvalue weighted by molar-refractivity contribution is 0.0720. The monoisotopic (exact) mass is 404 g/mol. The third kappa shape index (κ3) is 4.27. The van der Waals surface area contributed by atoms with Crippen LogP contribution >= 0.6 is 11.6 Å². The quantitative estimate of drug-likeness (QED) is 0.748. The van der Waals surface area contributed by atoms with Crippen LogP contribution in [-0.4, -0.2) is 37.7 Å². The molecule has 5 rings (SSSR count). The third-order valence-electron chi connectivity index (χ3n) is 5.89. The summed E-state index contributed by atoms with van der Waals surface area (Å²) < 4.78 is 25.2. The van der Waals surface area contributed by atoms with Crippen LogP contribution in [0, 0.1) is 11.7 Å². The number of nitrogens with one attached hydrogen (secondary N) is 1. The smallest absolute Gasteiger partial charge is 0.161 e. The molecule has 0 spiro atoms. The number of piperidine rings is 3. The van der Waals surface area contributed by atoms with E-state index in [-0.39, 0.29) is 12.4 Å². The molecule has 2 aromatic rings. The Morgan fingerprint density at radius 2 is 2.00 bits per heavy atom. The predicted octanol–water partition coefficient (Wildman–Crippen LogP) is 4.25. The molecule has 3 aliphatic rings. The maximum Gasteiger partial charge on any atom is 0.161 e. The Labute approximate surface area is 170 Å².